The second kappa shape index (κ2) is 12.9. The number of rotatable bonds is 11. The molecule has 1 aliphatic rings. The van der Waals surface area contributed by atoms with Gasteiger partial charge in [0, 0.05) is 12.5 Å². The Morgan fingerprint density at radius 3 is 2.46 bits per heavy atom. The molecule has 9 nitrogen and oxygen atoms in total. The van der Waals surface area contributed by atoms with Crippen molar-refractivity contribution in [2.45, 2.75) is 50.1 Å². The highest BCUT2D eigenvalue weighted by Gasteiger charge is 2.44. The van der Waals surface area contributed by atoms with Crippen molar-refractivity contribution in [3.05, 3.63) is 66.2 Å². The number of para-hydroxylation sites is 1. The van der Waals surface area contributed by atoms with Crippen LogP contribution in [0.5, 0.6) is 10.9 Å². The Labute approximate surface area is 227 Å². The molecule has 39 heavy (non-hydrogen) atoms. The van der Waals surface area contributed by atoms with Gasteiger partial charge in [-0.15, -0.1) is 0 Å². The summed E-state index contributed by atoms with van der Waals surface area (Å²) in [6.45, 7) is 1.02. The van der Waals surface area contributed by atoms with Crippen LogP contribution in [0.2, 0.25) is 0 Å². The summed E-state index contributed by atoms with van der Waals surface area (Å²) in [7, 11) is -5.84. The zero-order valence-corrected chi connectivity index (χ0v) is 22.4. The van der Waals surface area contributed by atoms with Crippen molar-refractivity contribution in [1.82, 2.24) is 25.5 Å². The smallest absolute Gasteiger partial charge is 0.431 e. The quantitative estimate of drug-likeness (QED) is 0.119. The number of hydrogen-bond acceptors (Lipinski definition) is 8. The number of aromatic nitrogens is 4. The van der Waals surface area contributed by atoms with Crippen molar-refractivity contribution in [3.8, 4) is 10.9 Å². The normalized spacial score (nSPS) is 14.6. The topological polar surface area (TPSA) is 130 Å². The summed E-state index contributed by atoms with van der Waals surface area (Å²) < 4.78 is 64.7. The van der Waals surface area contributed by atoms with E-state index < -0.39 is 15.6 Å². The number of halogens is 3. The Balaban J connectivity index is 0.000000386. The van der Waals surface area contributed by atoms with Crippen LogP contribution in [-0.4, -0.2) is 51.2 Å². The first-order chi connectivity index (χ1) is 18.6. The monoisotopic (exact) mass is 583 g/mol. The van der Waals surface area contributed by atoms with Crippen LogP contribution < -0.4 is 10.1 Å². The molecular formula is C25H28F3N5O4S2. The molecule has 1 fully saturated rings. The number of nitrogens with one attached hydrogen (secondary N) is 2. The fourth-order valence-electron chi connectivity index (χ4n) is 3.93. The van der Waals surface area contributed by atoms with Crippen LogP contribution in [0.25, 0.3) is 10.2 Å². The fourth-order valence-corrected chi connectivity index (χ4v) is 4.77. The molecule has 1 atom stereocenters. The van der Waals surface area contributed by atoms with Crippen LogP contribution in [-0.2, 0) is 23.0 Å². The third-order valence-electron chi connectivity index (χ3n) is 6.08. The molecule has 210 valence electrons. The van der Waals surface area contributed by atoms with Crippen molar-refractivity contribution in [3.63, 3.8) is 0 Å². The number of alkyl halides is 3. The number of ether oxygens (including phenoxy) is 1. The van der Waals surface area contributed by atoms with Gasteiger partial charge in [0.15, 0.2) is 0 Å². The molecule has 0 radical (unpaired) electrons. The summed E-state index contributed by atoms with van der Waals surface area (Å²) in [5, 5.41) is 11.4. The summed E-state index contributed by atoms with van der Waals surface area (Å²) in [5.74, 6) is 2.58. The summed E-state index contributed by atoms with van der Waals surface area (Å²) >= 11 is 1.58. The van der Waals surface area contributed by atoms with Crippen LogP contribution in [0.15, 0.2) is 54.9 Å². The third kappa shape index (κ3) is 8.98. The largest absolute Gasteiger partial charge is 0.522 e. The fraction of sp³-hybridized carbons (Fsp3) is 0.400. The number of nitrogens with zero attached hydrogens (tertiary/aromatic N) is 3. The molecular weight excluding hydrogens is 555 g/mol. The van der Waals surface area contributed by atoms with Gasteiger partial charge in [0.2, 0.25) is 0 Å². The van der Waals surface area contributed by atoms with E-state index in [4.69, 9.17) is 17.7 Å². The molecule has 0 spiro atoms. The SMILES string of the molecule is O=S(=O)(O)C(F)(F)F.c1ccc2sc(Oc3ccc(CCC(NCCCc4nc[nH]n4)C4CC4)cc3)nc2c1. The van der Waals surface area contributed by atoms with Crippen molar-refractivity contribution in [2.24, 2.45) is 5.92 Å². The Bertz CT molecular complexity index is 1390. The molecule has 1 aliphatic carbocycles. The molecule has 1 unspecified atom stereocenters. The lowest BCUT2D eigenvalue weighted by molar-refractivity contribution is -0.0510. The van der Waals surface area contributed by atoms with Gasteiger partial charge in [-0.1, -0.05) is 35.6 Å². The number of aryl methyl sites for hydroxylation is 2. The zero-order chi connectivity index (χ0) is 27.9. The second-order valence-corrected chi connectivity index (χ2v) is 11.5. The van der Waals surface area contributed by atoms with E-state index in [0.29, 0.717) is 11.2 Å². The van der Waals surface area contributed by atoms with E-state index in [1.54, 1.807) is 17.7 Å². The van der Waals surface area contributed by atoms with Crippen molar-refractivity contribution in [1.29, 1.82) is 0 Å². The summed E-state index contributed by atoms with van der Waals surface area (Å²) in [6, 6.07) is 17.2. The Hall–Kier alpha value is -3.07. The predicted molar refractivity (Wildman–Crippen MR) is 141 cm³/mol. The summed E-state index contributed by atoms with van der Waals surface area (Å²) in [5.41, 5.74) is -3.20. The summed E-state index contributed by atoms with van der Waals surface area (Å²) in [4.78, 5) is 8.74. The van der Waals surface area contributed by atoms with Crippen LogP contribution >= 0.6 is 11.3 Å². The van der Waals surface area contributed by atoms with Gasteiger partial charge in [-0.05, 0) is 74.4 Å². The molecule has 0 amide bonds. The van der Waals surface area contributed by atoms with Gasteiger partial charge in [-0.25, -0.2) is 9.97 Å². The van der Waals surface area contributed by atoms with Gasteiger partial charge in [0.05, 0.1) is 10.2 Å². The van der Waals surface area contributed by atoms with E-state index in [2.05, 4.69) is 55.8 Å². The average molecular weight is 584 g/mol. The number of thiazole rings is 1. The highest BCUT2D eigenvalue weighted by molar-refractivity contribution is 7.86. The number of hydrogen-bond donors (Lipinski definition) is 3. The van der Waals surface area contributed by atoms with Gasteiger partial charge >= 0.3 is 15.6 Å². The molecule has 0 aliphatic heterocycles. The zero-order valence-electron chi connectivity index (χ0n) is 20.8. The minimum atomic E-state index is -5.84. The summed E-state index contributed by atoms with van der Waals surface area (Å²) in [6.07, 6.45) is 8.59. The molecule has 5 rings (SSSR count). The minimum Gasteiger partial charge on any atom is -0.431 e. The second-order valence-electron chi connectivity index (χ2n) is 9.07. The number of aromatic amines is 1. The highest BCUT2D eigenvalue weighted by Crippen LogP contribution is 2.35. The van der Waals surface area contributed by atoms with Crippen molar-refractivity contribution < 1.29 is 30.9 Å². The first-order valence-electron chi connectivity index (χ1n) is 12.3. The van der Waals surface area contributed by atoms with Gasteiger partial charge < -0.3 is 10.1 Å². The molecule has 2 aromatic heterocycles. The van der Waals surface area contributed by atoms with Crippen LogP contribution in [0, 0.1) is 5.92 Å². The molecule has 4 aromatic rings. The number of H-pyrrole nitrogens is 1. The lowest BCUT2D eigenvalue weighted by Crippen LogP contribution is -2.32. The van der Waals surface area contributed by atoms with Gasteiger partial charge in [-0.2, -0.15) is 26.7 Å². The molecule has 14 heteroatoms. The Morgan fingerprint density at radius 2 is 1.85 bits per heavy atom. The van der Waals surface area contributed by atoms with E-state index in [9.17, 15) is 13.2 Å². The standard InChI is InChI=1S/C24H27N5OS.CHF3O3S/c1-2-5-22-21(4-1)28-24(31-22)30-19-12-7-17(8-13-19)9-14-20(18-10-11-18)25-15-3-6-23-26-16-27-29-23;2-1(3,4)8(5,6)7/h1-2,4-5,7-8,12-13,16,18,20,25H,3,6,9-11,14-15H2,(H,26,27,29);(H,5,6,7). The maximum absolute atomic E-state index is 10.7. The third-order valence-corrected chi connectivity index (χ3v) is 7.58. The number of benzene rings is 2. The lowest BCUT2D eigenvalue weighted by Gasteiger charge is -2.18. The van der Waals surface area contributed by atoms with Gasteiger partial charge in [0.1, 0.15) is 17.9 Å². The van der Waals surface area contributed by atoms with Crippen LogP contribution in [0.4, 0.5) is 13.2 Å². The average Bonchev–Trinajstić information content (AvgIpc) is 3.43. The highest BCUT2D eigenvalue weighted by atomic mass is 32.2. The molecule has 1 saturated carbocycles. The first kappa shape index (κ1) is 28.9. The van der Waals surface area contributed by atoms with E-state index in [0.717, 1.165) is 53.5 Å². The van der Waals surface area contributed by atoms with Crippen molar-refractivity contribution in [2.75, 3.05) is 6.54 Å². The molecule has 2 aromatic carbocycles. The predicted octanol–water partition coefficient (Wildman–Crippen LogP) is 5.53. The van der Waals surface area contributed by atoms with Crippen LogP contribution in [0.1, 0.15) is 37.1 Å². The molecule has 0 bridgehead atoms. The van der Waals surface area contributed by atoms with E-state index in [1.807, 2.05) is 18.2 Å². The van der Waals surface area contributed by atoms with Crippen molar-refractivity contribution >= 4 is 31.7 Å². The Kier molecular flexibility index (Phi) is 9.53. The van der Waals surface area contributed by atoms with Gasteiger partial charge in [-0.3, -0.25) is 9.65 Å². The van der Waals surface area contributed by atoms with E-state index in [-0.39, 0.29) is 0 Å². The first-order valence-corrected chi connectivity index (χ1v) is 14.6. The lowest BCUT2D eigenvalue weighted by atomic mass is 10.0. The van der Waals surface area contributed by atoms with Crippen LogP contribution in [0.3, 0.4) is 0 Å². The maximum Gasteiger partial charge on any atom is 0.522 e. The van der Waals surface area contributed by atoms with E-state index in [1.165, 1.54) is 24.8 Å². The molecule has 2 heterocycles. The van der Waals surface area contributed by atoms with Gasteiger partial charge in [0.25, 0.3) is 5.19 Å². The van der Waals surface area contributed by atoms with E-state index >= 15 is 0 Å². The minimum absolute atomic E-state index is 0.603. The maximum atomic E-state index is 10.7. The molecule has 3 N–H and O–H groups in total. The Morgan fingerprint density at radius 1 is 1.13 bits per heavy atom. The number of fused-ring (bicyclic) bond motifs is 1. The molecule has 0 saturated heterocycles.